The van der Waals surface area contributed by atoms with E-state index in [1.165, 1.54) is 12.1 Å². The first-order valence-corrected chi connectivity index (χ1v) is 8.00. The molecule has 0 aliphatic carbocycles. The summed E-state index contributed by atoms with van der Waals surface area (Å²) in [6.07, 6.45) is 0.411. The van der Waals surface area contributed by atoms with Crippen molar-refractivity contribution in [3.8, 4) is 11.5 Å². The van der Waals surface area contributed by atoms with E-state index < -0.39 is 16.7 Å². The Bertz CT molecular complexity index is 772. The standard InChI is InChI=1S/C17H18N2O6/c1-2-9-18(17(20)15-7-8-16(25-15)19(21)22)10-12-11-23-13-5-3-4-6-14(13)24-12/h3-8,12H,2,9-11H2,1H3. The number of benzene rings is 1. The molecule has 1 unspecified atom stereocenters. The van der Waals surface area contributed by atoms with Crippen LogP contribution in [0.4, 0.5) is 5.88 Å². The van der Waals surface area contributed by atoms with Crippen molar-refractivity contribution < 1.29 is 23.6 Å². The number of hydrogen-bond acceptors (Lipinski definition) is 6. The van der Waals surface area contributed by atoms with Crippen molar-refractivity contribution in [2.45, 2.75) is 19.4 Å². The number of carbonyl (C=O) groups excluding carboxylic acids is 1. The summed E-state index contributed by atoms with van der Waals surface area (Å²) in [5, 5.41) is 10.7. The number of nitro groups is 1. The fourth-order valence-corrected chi connectivity index (χ4v) is 2.64. The molecule has 1 atom stereocenters. The number of fused-ring (bicyclic) bond motifs is 1. The van der Waals surface area contributed by atoms with E-state index in [4.69, 9.17) is 13.9 Å². The predicted molar refractivity (Wildman–Crippen MR) is 87.9 cm³/mol. The number of ether oxygens (including phenoxy) is 2. The van der Waals surface area contributed by atoms with Gasteiger partial charge in [-0.3, -0.25) is 14.9 Å². The maximum absolute atomic E-state index is 12.6. The van der Waals surface area contributed by atoms with Crippen LogP contribution < -0.4 is 9.47 Å². The molecule has 1 aliphatic rings. The van der Waals surface area contributed by atoms with Gasteiger partial charge in [-0.15, -0.1) is 0 Å². The maximum Gasteiger partial charge on any atom is 0.433 e. The highest BCUT2D eigenvalue weighted by Crippen LogP contribution is 2.31. The molecule has 0 saturated heterocycles. The highest BCUT2D eigenvalue weighted by molar-refractivity contribution is 5.91. The second-order valence-corrected chi connectivity index (χ2v) is 5.64. The lowest BCUT2D eigenvalue weighted by atomic mass is 10.2. The molecule has 1 amide bonds. The number of rotatable bonds is 6. The van der Waals surface area contributed by atoms with Crippen molar-refractivity contribution >= 4 is 11.8 Å². The van der Waals surface area contributed by atoms with Crippen molar-refractivity contribution in [3.63, 3.8) is 0 Å². The average molecular weight is 346 g/mol. The highest BCUT2D eigenvalue weighted by Gasteiger charge is 2.28. The van der Waals surface area contributed by atoms with Crippen LogP contribution in [-0.2, 0) is 0 Å². The van der Waals surface area contributed by atoms with Gasteiger partial charge in [-0.2, -0.15) is 0 Å². The monoisotopic (exact) mass is 346 g/mol. The Morgan fingerprint density at radius 3 is 2.72 bits per heavy atom. The molecule has 8 nitrogen and oxygen atoms in total. The average Bonchev–Trinajstić information content (AvgIpc) is 3.11. The molecular formula is C17H18N2O6. The summed E-state index contributed by atoms with van der Waals surface area (Å²) in [6, 6.07) is 9.83. The number of furan rings is 1. The molecule has 2 heterocycles. The Labute approximate surface area is 144 Å². The van der Waals surface area contributed by atoms with Gasteiger partial charge < -0.3 is 18.8 Å². The van der Waals surface area contributed by atoms with Crippen LogP contribution in [0, 0.1) is 10.1 Å². The first-order chi connectivity index (χ1) is 12.1. The Kier molecular flexibility index (Phi) is 4.87. The summed E-state index contributed by atoms with van der Waals surface area (Å²) in [7, 11) is 0. The van der Waals surface area contributed by atoms with E-state index in [1.54, 1.807) is 4.90 Å². The van der Waals surface area contributed by atoms with Gasteiger partial charge in [0, 0.05) is 6.54 Å². The van der Waals surface area contributed by atoms with Crippen LogP contribution in [-0.4, -0.2) is 41.5 Å². The van der Waals surface area contributed by atoms with Crippen LogP contribution in [0.2, 0.25) is 0 Å². The zero-order chi connectivity index (χ0) is 17.8. The lowest BCUT2D eigenvalue weighted by Gasteiger charge is -2.30. The Morgan fingerprint density at radius 2 is 2.04 bits per heavy atom. The number of hydrogen-bond donors (Lipinski definition) is 0. The highest BCUT2D eigenvalue weighted by atomic mass is 16.6. The van der Waals surface area contributed by atoms with Gasteiger partial charge in [-0.05, 0) is 24.6 Å². The van der Waals surface area contributed by atoms with Gasteiger partial charge in [-0.1, -0.05) is 19.1 Å². The summed E-state index contributed by atoms with van der Waals surface area (Å²) in [5.74, 6) is 0.394. The zero-order valence-corrected chi connectivity index (χ0v) is 13.7. The zero-order valence-electron chi connectivity index (χ0n) is 13.7. The second-order valence-electron chi connectivity index (χ2n) is 5.64. The Morgan fingerprint density at radius 1 is 1.28 bits per heavy atom. The van der Waals surface area contributed by atoms with Gasteiger partial charge in [0.15, 0.2) is 23.4 Å². The van der Waals surface area contributed by atoms with Crippen LogP contribution >= 0.6 is 0 Å². The predicted octanol–water partition coefficient (Wildman–Crippen LogP) is 2.88. The molecule has 1 aromatic heterocycles. The van der Waals surface area contributed by atoms with Crippen LogP contribution in [0.5, 0.6) is 11.5 Å². The van der Waals surface area contributed by atoms with Crippen molar-refractivity contribution in [2.24, 2.45) is 0 Å². The molecule has 0 N–H and O–H groups in total. The fourth-order valence-electron chi connectivity index (χ4n) is 2.64. The summed E-state index contributed by atoms with van der Waals surface area (Å²) < 4.78 is 16.6. The SMILES string of the molecule is CCCN(CC1COc2ccccc2O1)C(=O)c1ccc([N+](=O)[O-])o1. The van der Waals surface area contributed by atoms with Crippen molar-refractivity contribution in [1.29, 1.82) is 0 Å². The van der Waals surface area contributed by atoms with Crippen molar-refractivity contribution in [2.75, 3.05) is 19.7 Å². The summed E-state index contributed by atoms with van der Waals surface area (Å²) in [4.78, 5) is 24.2. The van der Waals surface area contributed by atoms with E-state index in [9.17, 15) is 14.9 Å². The molecule has 8 heteroatoms. The van der Waals surface area contributed by atoms with E-state index in [1.807, 2.05) is 31.2 Å². The van der Waals surface area contributed by atoms with Crippen molar-refractivity contribution in [3.05, 3.63) is 52.3 Å². The third-order valence-corrected chi connectivity index (χ3v) is 3.75. The topological polar surface area (TPSA) is 95.0 Å². The van der Waals surface area contributed by atoms with Gasteiger partial charge in [0.2, 0.25) is 0 Å². The van der Waals surface area contributed by atoms with E-state index in [-0.39, 0.29) is 11.9 Å². The first-order valence-electron chi connectivity index (χ1n) is 8.00. The van der Waals surface area contributed by atoms with Crippen LogP contribution in [0.15, 0.2) is 40.8 Å². The summed E-state index contributed by atoms with van der Waals surface area (Å²) >= 11 is 0. The third kappa shape index (κ3) is 3.73. The van der Waals surface area contributed by atoms with Crippen LogP contribution in [0.25, 0.3) is 0 Å². The van der Waals surface area contributed by atoms with E-state index >= 15 is 0 Å². The minimum atomic E-state index is -0.671. The third-order valence-electron chi connectivity index (χ3n) is 3.75. The van der Waals surface area contributed by atoms with Gasteiger partial charge in [-0.25, -0.2) is 0 Å². The van der Waals surface area contributed by atoms with Gasteiger partial charge in [0.05, 0.1) is 12.6 Å². The molecule has 25 heavy (non-hydrogen) atoms. The molecule has 2 aromatic rings. The Balaban J connectivity index is 1.70. The van der Waals surface area contributed by atoms with E-state index in [0.717, 1.165) is 6.42 Å². The molecule has 0 radical (unpaired) electrons. The van der Waals surface area contributed by atoms with E-state index in [0.29, 0.717) is 31.2 Å². The van der Waals surface area contributed by atoms with Gasteiger partial charge in [0.1, 0.15) is 11.5 Å². The number of nitrogens with zero attached hydrogens (tertiary/aromatic N) is 2. The lowest BCUT2D eigenvalue weighted by Crippen LogP contribution is -2.44. The number of carbonyl (C=O) groups is 1. The largest absolute Gasteiger partial charge is 0.486 e. The quantitative estimate of drug-likeness (QED) is 0.589. The minimum absolute atomic E-state index is 0.0581. The molecule has 3 rings (SSSR count). The molecule has 0 fully saturated rings. The van der Waals surface area contributed by atoms with E-state index in [2.05, 4.69) is 0 Å². The van der Waals surface area contributed by atoms with Gasteiger partial charge >= 0.3 is 5.88 Å². The molecule has 1 aromatic carbocycles. The normalized spacial score (nSPS) is 15.6. The molecule has 0 saturated carbocycles. The molecule has 0 spiro atoms. The first kappa shape index (κ1) is 16.8. The number of para-hydroxylation sites is 2. The number of amides is 1. The smallest absolute Gasteiger partial charge is 0.433 e. The van der Waals surface area contributed by atoms with Gasteiger partial charge in [0.25, 0.3) is 5.91 Å². The van der Waals surface area contributed by atoms with Crippen molar-refractivity contribution in [1.82, 2.24) is 4.90 Å². The molecule has 132 valence electrons. The summed E-state index contributed by atoms with van der Waals surface area (Å²) in [6.45, 7) is 3.05. The Hall–Kier alpha value is -3.03. The van der Waals surface area contributed by atoms with Crippen LogP contribution in [0.3, 0.4) is 0 Å². The molecule has 0 bridgehead atoms. The lowest BCUT2D eigenvalue weighted by molar-refractivity contribution is -0.402. The summed E-state index contributed by atoms with van der Waals surface area (Å²) in [5.41, 5.74) is 0. The minimum Gasteiger partial charge on any atom is -0.486 e. The maximum atomic E-state index is 12.6. The molecule has 1 aliphatic heterocycles. The molecular weight excluding hydrogens is 328 g/mol. The second kappa shape index (κ2) is 7.25. The fraction of sp³-hybridized carbons (Fsp3) is 0.353. The van der Waals surface area contributed by atoms with Crippen LogP contribution in [0.1, 0.15) is 23.9 Å².